The van der Waals surface area contributed by atoms with Crippen LogP contribution in [0.4, 0.5) is 0 Å². The van der Waals surface area contributed by atoms with E-state index in [1.807, 2.05) is 19.2 Å². The van der Waals surface area contributed by atoms with E-state index < -0.39 is 0 Å². The van der Waals surface area contributed by atoms with Crippen molar-refractivity contribution in [2.24, 2.45) is 0 Å². The van der Waals surface area contributed by atoms with E-state index >= 15 is 0 Å². The van der Waals surface area contributed by atoms with Gasteiger partial charge in [-0.2, -0.15) is 0 Å². The Morgan fingerprint density at radius 3 is 2.86 bits per heavy atom. The number of furan rings is 1. The van der Waals surface area contributed by atoms with Gasteiger partial charge in [0.2, 0.25) is 0 Å². The van der Waals surface area contributed by atoms with E-state index in [4.69, 9.17) is 10.8 Å². The molecule has 0 bridgehead atoms. The Kier molecular flexibility index (Phi) is 4.28. The molecule has 0 amide bonds. The lowest BCUT2D eigenvalue weighted by atomic mass is 10.1. The molecule has 0 aliphatic heterocycles. The van der Waals surface area contributed by atoms with Crippen molar-refractivity contribution in [3.63, 3.8) is 0 Å². The summed E-state index contributed by atoms with van der Waals surface area (Å²) in [6, 6.07) is 4.29. The minimum Gasteiger partial charge on any atom is -0.464 e. The summed E-state index contributed by atoms with van der Waals surface area (Å²) in [4.78, 5) is 0. The fraction of sp³-hybridized carbons (Fsp3) is 0.500. The minimum absolute atomic E-state index is 0.242. The van der Waals surface area contributed by atoms with Crippen LogP contribution in [-0.4, -0.2) is 7.05 Å². The molecule has 0 aromatic carbocycles. The molecule has 76 valence electrons. The van der Waals surface area contributed by atoms with E-state index in [1.54, 1.807) is 0 Å². The zero-order valence-electron chi connectivity index (χ0n) is 8.84. The Bertz CT molecular complexity index is 308. The largest absolute Gasteiger partial charge is 0.464 e. The molecule has 2 heteroatoms. The summed E-state index contributed by atoms with van der Waals surface area (Å²) < 4.78 is 5.65. The molecule has 1 aromatic rings. The Hall–Kier alpha value is -1.20. The molecule has 0 spiro atoms. The molecule has 1 atom stereocenters. The maximum atomic E-state index is 5.65. The fourth-order valence-corrected chi connectivity index (χ4v) is 1.43. The second-order valence-electron chi connectivity index (χ2n) is 3.24. The normalized spacial score (nSPS) is 12.4. The van der Waals surface area contributed by atoms with Gasteiger partial charge in [-0.15, -0.1) is 12.3 Å². The van der Waals surface area contributed by atoms with Gasteiger partial charge >= 0.3 is 0 Å². The molecular formula is C12H17NO. The quantitative estimate of drug-likeness (QED) is 0.723. The van der Waals surface area contributed by atoms with Crippen LogP contribution in [0.5, 0.6) is 0 Å². The Morgan fingerprint density at radius 2 is 2.36 bits per heavy atom. The fourth-order valence-electron chi connectivity index (χ4n) is 1.43. The first kappa shape index (κ1) is 10.9. The van der Waals surface area contributed by atoms with Crippen molar-refractivity contribution in [2.75, 3.05) is 7.05 Å². The van der Waals surface area contributed by atoms with E-state index in [0.717, 1.165) is 30.8 Å². The van der Waals surface area contributed by atoms with E-state index in [9.17, 15) is 0 Å². The highest BCUT2D eigenvalue weighted by atomic mass is 16.3. The lowest BCUT2D eigenvalue weighted by Crippen LogP contribution is -2.15. The standard InChI is InChI=1S/C12H17NO/c1-4-6-7-11(13-3)12-9-8-10(5-2)14-12/h1,8-9,11,13H,5-7H2,2-3H3. The van der Waals surface area contributed by atoms with Gasteiger partial charge in [-0.1, -0.05) is 6.92 Å². The molecule has 1 heterocycles. The Labute approximate surface area is 85.7 Å². The molecule has 0 radical (unpaired) electrons. The lowest BCUT2D eigenvalue weighted by molar-refractivity contribution is 0.397. The summed E-state index contributed by atoms with van der Waals surface area (Å²) >= 11 is 0. The molecule has 0 saturated carbocycles. The van der Waals surface area contributed by atoms with Crippen molar-refractivity contribution in [2.45, 2.75) is 32.2 Å². The summed E-state index contributed by atoms with van der Waals surface area (Å²) in [6.07, 6.45) is 7.86. The number of aryl methyl sites for hydroxylation is 1. The zero-order valence-corrected chi connectivity index (χ0v) is 8.84. The van der Waals surface area contributed by atoms with Crippen LogP contribution in [0.3, 0.4) is 0 Å². The lowest BCUT2D eigenvalue weighted by Gasteiger charge is -2.11. The summed E-state index contributed by atoms with van der Waals surface area (Å²) in [5.74, 6) is 4.66. The summed E-state index contributed by atoms with van der Waals surface area (Å²) in [6.45, 7) is 2.08. The summed E-state index contributed by atoms with van der Waals surface area (Å²) in [5.41, 5.74) is 0. The van der Waals surface area contributed by atoms with Gasteiger partial charge in [0.1, 0.15) is 11.5 Å². The van der Waals surface area contributed by atoms with Crippen molar-refractivity contribution in [1.29, 1.82) is 0 Å². The van der Waals surface area contributed by atoms with E-state index in [2.05, 4.69) is 18.2 Å². The maximum Gasteiger partial charge on any atom is 0.121 e. The van der Waals surface area contributed by atoms with Crippen LogP contribution in [0.25, 0.3) is 0 Å². The number of hydrogen-bond donors (Lipinski definition) is 1. The predicted molar refractivity (Wildman–Crippen MR) is 58.0 cm³/mol. The van der Waals surface area contributed by atoms with E-state index in [1.165, 1.54) is 0 Å². The topological polar surface area (TPSA) is 25.2 Å². The summed E-state index contributed by atoms with van der Waals surface area (Å²) in [5, 5.41) is 3.20. The highest BCUT2D eigenvalue weighted by Crippen LogP contribution is 2.20. The molecule has 0 aliphatic carbocycles. The first-order valence-electron chi connectivity index (χ1n) is 5.01. The third kappa shape index (κ3) is 2.65. The van der Waals surface area contributed by atoms with Crippen molar-refractivity contribution in [3.8, 4) is 12.3 Å². The molecular weight excluding hydrogens is 174 g/mol. The van der Waals surface area contributed by atoms with Gasteiger partial charge < -0.3 is 9.73 Å². The number of hydrogen-bond acceptors (Lipinski definition) is 2. The van der Waals surface area contributed by atoms with Crippen LogP contribution in [0.15, 0.2) is 16.5 Å². The molecule has 1 unspecified atom stereocenters. The van der Waals surface area contributed by atoms with Gasteiger partial charge in [0, 0.05) is 12.8 Å². The molecule has 0 saturated heterocycles. The van der Waals surface area contributed by atoms with Crippen LogP contribution in [0.2, 0.25) is 0 Å². The SMILES string of the molecule is C#CCCC(NC)c1ccc(CC)o1. The average Bonchev–Trinajstić information content (AvgIpc) is 2.68. The molecule has 1 aromatic heterocycles. The van der Waals surface area contributed by atoms with Crippen LogP contribution < -0.4 is 5.32 Å². The highest BCUT2D eigenvalue weighted by Gasteiger charge is 2.12. The highest BCUT2D eigenvalue weighted by molar-refractivity contribution is 5.11. The molecule has 14 heavy (non-hydrogen) atoms. The van der Waals surface area contributed by atoms with Crippen LogP contribution in [0.1, 0.15) is 37.3 Å². The molecule has 1 rings (SSSR count). The Balaban J connectivity index is 2.64. The molecule has 2 nitrogen and oxygen atoms in total. The summed E-state index contributed by atoms with van der Waals surface area (Å²) in [7, 11) is 1.93. The second-order valence-corrected chi connectivity index (χ2v) is 3.24. The zero-order chi connectivity index (χ0) is 10.4. The van der Waals surface area contributed by atoms with Crippen molar-refractivity contribution < 1.29 is 4.42 Å². The monoisotopic (exact) mass is 191 g/mol. The van der Waals surface area contributed by atoms with Crippen LogP contribution in [-0.2, 0) is 6.42 Å². The average molecular weight is 191 g/mol. The minimum atomic E-state index is 0.242. The van der Waals surface area contributed by atoms with Crippen molar-refractivity contribution in [3.05, 3.63) is 23.7 Å². The molecule has 1 N–H and O–H groups in total. The van der Waals surface area contributed by atoms with E-state index in [-0.39, 0.29) is 6.04 Å². The van der Waals surface area contributed by atoms with Gasteiger partial charge in [-0.05, 0) is 25.6 Å². The van der Waals surface area contributed by atoms with Gasteiger partial charge in [0.05, 0.1) is 6.04 Å². The van der Waals surface area contributed by atoms with Gasteiger partial charge in [0.15, 0.2) is 0 Å². The van der Waals surface area contributed by atoms with Gasteiger partial charge in [-0.25, -0.2) is 0 Å². The predicted octanol–water partition coefficient (Wildman–Crippen LogP) is 2.52. The molecule has 0 aliphatic rings. The first-order valence-corrected chi connectivity index (χ1v) is 5.01. The van der Waals surface area contributed by atoms with Gasteiger partial charge in [0.25, 0.3) is 0 Å². The van der Waals surface area contributed by atoms with Crippen molar-refractivity contribution in [1.82, 2.24) is 5.32 Å². The van der Waals surface area contributed by atoms with Crippen LogP contribution in [0, 0.1) is 12.3 Å². The maximum absolute atomic E-state index is 5.65. The Morgan fingerprint density at radius 1 is 1.57 bits per heavy atom. The number of terminal acetylenes is 1. The second kappa shape index (κ2) is 5.51. The number of rotatable bonds is 5. The van der Waals surface area contributed by atoms with E-state index in [0.29, 0.717) is 0 Å². The van der Waals surface area contributed by atoms with Crippen molar-refractivity contribution >= 4 is 0 Å². The first-order chi connectivity index (χ1) is 6.81. The number of nitrogens with one attached hydrogen (secondary N) is 1. The van der Waals surface area contributed by atoms with Crippen LogP contribution >= 0.6 is 0 Å². The van der Waals surface area contributed by atoms with Gasteiger partial charge in [-0.3, -0.25) is 0 Å². The third-order valence-corrected chi connectivity index (χ3v) is 2.30. The molecule has 0 fully saturated rings. The third-order valence-electron chi connectivity index (χ3n) is 2.30. The smallest absolute Gasteiger partial charge is 0.121 e.